The van der Waals surface area contributed by atoms with Gasteiger partial charge in [0, 0.05) is 0 Å². The lowest BCUT2D eigenvalue weighted by atomic mass is 9.92. The van der Waals surface area contributed by atoms with Gasteiger partial charge in [-0.25, -0.2) is 0 Å². The van der Waals surface area contributed by atoms with Gasteiger partial charge >= 0.3 is 0 Å². The summed E-state index contributed by atoms with van der Waals surface area (Å²) in [4.78, 5) is 0. The molecule has 0 bridgehead atoms. The van der Waals surface area contributed by atoms with E-state index in [1.54, 1.807) is 11.1 Å². The van der Waals surface area contributed by atoms with Gasteiger partial charge < -0.3 is 0 Å². The minimum atomic E-state index is 0.845. The van der Waals surface area contributed by atoms with Crippen molar-refractivity contribution < 1.29 is 0 Å². The quantitative estimate of drug-likeness (QED) is 0.595. The van der Waals surface area contributed by atoms with Crippen LogP contribution in [0.4, 0.5) is 0 Å². The van der Waals surface area contributed by atoms with Crippen LogP contribution >= 0.6 is 0 Å². The molecule has 0 N–H and O–H groups in total. The molecule has 0 radical (unpaired) electrons. The molecule has 1 aliphatic rings. The minimum absolute atomic E-state index is 0.845. The highest BCUT2D eigenvalue weighted by atomic mass is 14.1. The van der Waals surface area contributed by atoms with E-state index in [1.807, 2.05) is 0 Å². The lowest BCUT2D eigenvalue weighted by molar-refractivity contribution is 0.575. The van der Waals surface area contributed by atoms with Crippen LogP contribution in [0.5, 0.6) is 0 Å². The van der Waals surface area contributed by atoms with Crippen molar-refractivity contribution in [2.24, 2.45) is 5.92 Å². The molecule has 74 valence electrons. The molecule has 0 saturated carbocycles. The van der Waals surface area contributed by atoms with E-state index < -0.39 is 0 Å². The van der Waals surface area contributed by atoms with Crippen molar-refractivity contribution in [1.82, 2.24) is 0 Å². The van der Waals surface area contributed by atoms with Gasteiger partial charge in [-0.3, -0.25) is 0 Å². The molecule has 0 heteroatoms. The second kappa shape index (κ2) is 5.26. The molecule has 0 aliphatic heterocycles. The van der Waals surface area contributed by atoms with Crippen LogP contribution in [0.2, 0.25) is 0 Å². The molecular formula is C13H22. The lowest BCUT2D eigenvalue weighted by Crippen LogP contribution is -1.95. The van der Waals surface area contributed by atoms with Gasteiger partial charge in [0.25, 0.3) is 0 Å². The summed E-state index contributed by atoms with van der Waals surface area (Å²) in [7, 11) is 0. The van der Waals surface area contributed by atoms with Crippen LogP contribution < -0.4 is 0 Å². The molecule has 0 fully saturated rings. The van der Waals surface area contributed by atoms with Crippen molar-refractivity contribution >= 4 is 0 Å². The van der Waals surface area contributed by atoms with E-state index in [0.29, 0.717) is 0 Å². The van der Waals surface area contributed by atoms with Crippen LogP contribution in [-0.2, 0) is 0 Å². The van der Waals surface area contributed by atoms with Crippen LogP contribution in [0.1, 0.15) is 52.9 Å². The molecule has 1 aliphatic carbocycles. The van der Waals surface area contributed by atoms with Crippen LogP contribution in [0.25, 0.3) is 0 Å². The Hall–Kier alpha value is -0.520. The fraction of sp³-hybridized carbons (Fsp3) is 0.692. The molecule has 0 spiro atoms. The first-order valence-electron chi connectivity index (χ1n) is 5.59. The summed E-state index contributed by atoms with van der Waals surface area (Å²) < 4.78 is 0. The fourth-order valence-electron chi connectivity index (χ4n) is 1.70. The van der Waals surface area contributed by atoms with Crippen molar-refractivity contribution in [3.05, 3.63) is 23.3 Å². The van der Waals surface area contributed by atoms with Crippen LogP contribution in [-0.4, -0.2) is 0 Å². The Morgan fingerprint density at radius 1 is 1.15 bits per heavy atom. The second-order valence-electron chi connectivity index (χ2n) is 4.44. The van der Waals surface area contributed by atoms with Crippen molar-refractivity contribution in [3.63, 3.8) is 0 Å². The fourth-order valence-corrected chi connectivity index (χ4v) is 1.70. The number of rotatable bonds is 4. The average Bonchev–Trinajstić information content (AvgIpc) is 2.15. The zero-order chi connectivity index (χ0) is 9.68. The predicted octanol–water partition coefficient (Wildman–Crippen LogP) is 4.48. The average molecular weight is 178 g/mol. The van der Waals surface area contributed by atoms with Crippen molar-refractivity contribution in [1.29, 1.82) is 0 Å². The molecule has 0 amide bonds. The van der Waals surface area contributed by atoms with Crippen molar-refractivity contribution in [2.45, 2.75) is 52.9 Å². The zero-order valence-corrected chi connectivity index (χ0v) is 9.27. The predicted molar refractivity (Wildman–Crippen MR) is 59.8 cm³/mol. The largest absolute Gasteiger partial charge is 0.0702 e. The maximum atomic E-state index is 2.35. The molecule has 0 aromatic heterocycles. The Kier molecular flexibility index (Phi) is 4.27. The molecule has 0 unspecified atom stereocenters. The van der Waals surface area contributed by atoms with Gasteiger partial charge in [-0.15, -0.1) is 0 Å². The third kappa shape index (κ3) is 3.80. The maximum Gasteiger partial charge on any atom is -0.0280 e. The maximum absolute atomic E-state index is 2.35. The van der Waals surface area contributed by atoms with Crippen molar-refractivity contribution in [2.75, 3.05) is 0 Å². The first-order chi connectivity index (χ1) is 6.22. The van der Waals surface area contributed by atoms with Crippen LogP contribution in [0.3, 0.4) is 0 Å². The van der Waals surface area contributed by atoms with E-state index in [2.05, 4.69) is 32.9 Å². The minimum Gasteiger partial charge on any atom is -0.0702 e. The van der Waals surface area contributed by atoms with E-state index in [4.69, 9.17) is 0 Å². The van der Waals surface area contributed by atoms with Gasteiger partial charge in [-0.05, 0) is 38.0 Å². The Morgan fingerprint density at radius 2 is 1.77 bits per heavy atom. The second-order valence-corrected chi connectivity index (χ2v) is 4.44. The molecule has 0 saturated heterocycles. The topological polar surface area (TPSA) is 0 Å². The van der Waals surface area contributed by atoms with E-state index >= 15 is 0 Å². The van der Waals surface area contributed by atoms with Gasteiger partial charge in [0.15, 0.2) is 0 Å². The third-order valence-corrected chi connectivity index (χ3v) is 2.82. The smallest absolute Gasteiger partial charge is 0.0280 e. The van der Waals surface area contributed by atoms with Crippen LogP contribution in [0, 0.1) is 5.92 Å². The Labute approximate surface area is 82.7 Å². The van der Waals surface area contributed by atoms with Gasteiger partial charge in [0.1, 0.15) is 0 Å². The summed E-state index contributed by atoms with van der Waals surface area (Å²) in [5.74, 6) is 0.845. The van der Waals surface area contributed by atoms with E-state index in [-0.39, 0.29) is 0 Å². The first-order valence-corrected chi connectivity index (χ1v) is 5.59. The molecule has 1 rings (SSSR count). The molecule has 0 atom stereocenters. The molecule has 0 heterocycles. The first kappa shape index (κ1) is 10.6. The SMILES string of the molecule is CCC1=CC=C(CCC(C)C)CC1. The lowest BCUT2D eigenvalue weighted by Gasteiger charge is -2.14. The summed E-state index contributed by atoms with van der Waals surface area (Å²) in [6.07, 6.45) is 11.2. The Balaban J connectivity index is 2.36. The molecule has 0 aromatic carbocycles. The highest BCUT2D eigenvalue weighted by Crippen LogP contribution is 2.24. The summed E-state index contributed by atoms with van der Waals surface area (Å²) in [6.45, 7) is 6.85. The standard InChI is InChI=1S/C13H22/c1-4-12-7-9-13(10-8-12)6-5-11(2)3/h7,9,11H,4-6,8,10H2,1-3H3. The summed E-state index contributed by atoms with van der Waals surface area (Å²) in [5.41, 5.74) is 3.28. The molecular weight excluding hydrogens is 156 g/mol. The third-order valence-electron chi connectivity index (χ3n) is 2.82. The number of hydrogen-bond acceptors (Lipinski definition) is 0. The molecule has 0 aromatic rings. The van der Waals surface area contributed by atoms with Gasteiger partial charge in [0.05, 0.1) is 0 Å². The van der Waals surface area contributed by atoms with E-state index in [0.717, 1.165) is 5.92 Å². The molecule has 0 nitrogen and oxygen atoms in total. The summed E-state index contributed by atoms with van der Waals surface area (Å²) in [5, 5.41) is 0. The van der Waals surface area contributed by atoms with Gasteiger partial charge in [0.2, 0.25) is 0 Å². The zero-order valence-electron chi connectivity index (χ0n) is 9.27. The van der Waals surface area contributed by atoms with Crippen molar-refractivity contribution in [3.8, 4) is 0 Å². The monoisotopic (exact) mass is 178 g/mol. The van der Waals surface area contributed by atoms with Gasteiger partial charge in [-0.2, -0.15) is 0 Å². The van der Waals surface area contributed by atoms with Crippen LogP contribution in [0.15, 0.2) is 23.3 Å². The normalized spacial score (nSPS) is 17.2. The number of hydrogen-bond donors (Lipinski definition) is 0. The van der Waals surface area contributed by atoms with Gasteiger partial charge in [-0.1, -0.05) is 44.1 Å². The Bertz CT molecular complexity index is 206. The summed E-state index contributed by atoms with van der Waals surface area (Å²) in [6, 6.07) is 0. The highest BCUT2D eigenvalue weighted by Gasteiger charge is 2.05. The van der Waals surface area contributed by atoms with E-state index in [1.165, 1.54) is 32.1 Å². The summed E-state index contributed by atoms with van der Waals surface area (Å²) >= 11 is 0. The highest BCUT2D eigenvalue weighted by molar-refractivity contribution is 5.23. The number of allylic oxidation sites excluding steroid dienone is 4. The molecule has 13 heavy (non-hydrogen) atoms. The Morgan fingerprint density at radius 3 is 2.23 bits per heavy atom. The van der Waals surface area contributed by atoms with E-state index in [9.17, 15) is 0 Å².